The molecule has 2 rings (SSSR count). The third-order valence-electron chi connectivity index (χ3n) is 2.81. The Labute approximate surface area is 117 Å². The van der Waals surface area contributed by atoms with Gasteiger partial charge in [0, 0.05) is 12.7 Å². The van der Waals surface area contributed by atoms with Crippen molar-refractivity contribution >= 4 is 17.6 Å². The summed E-state index contributed by atoms with van der Waals surface area (Å²) in [5.74, 6) is 6.06. The maximum absolute atomic E-state index is 5.35. The van der Waals surface area contributed by atoms with Crippen LogP contribution in [0.1, 0.15) is 11.1 Å². The maximum Gasteiger partial charge on any atom is 0.322 e. The molecular formula is C13H18N6O. The second-order valence-corrected chi connectivity index (χ2v) is 4.49. The molecule has 0 radical (unpaired) electrons. The summed E-state index contributed by atoms with van der Waals surface area (Å²) in [5, 5.41) is 0. The van der Waals surface area contributed by atoms with Gasteiger partial charge in [-0.25, -0.2) is 5.84 Å². The lowest BCUT2D eigenvalue weighted by atomic mass is 10.1. The summed E-state index contributed by atoms with van der Waals surface area (Å²) in [6.45, 7) is 4.09. The number of hydrogen-bond donors (Lipinski definition) is 2. The van der Waals surface area contributed by atoms with Crippen LogP contribution in [0.3, 0.4) is 0 Å². The molecule has 106 valence electrons. The fourth-order valence-electron chi connectivity index (χ4n) is 1.91. The van der Waals surface area contributed by atoms with Crippen molar-refractivity contribution < 1.29 is 4.74 Å². The molecule has 2 aromatic rings. The molecule has 3 N–H and O–H groups in total. The maximum atomic E-state index is 5.35. The molecule has 7 heteroatoms. The van der Waals surface area contributed by atoms with Crippen molar-refractivity contribution in [3.63, 3.8) is 0 Å². The number of nitrogens with one attached hydrogen (secondary N) is 1. The van der Waals surface area contributed by atoms with Crippen molar-refractivity contribution in [1.29, 1.82) is 0 Å². The zero-order valence-electron chi connectivity index (χ0n) is 12.0. The number of rotatable bonds is 4. The van der Waals surface area contributed by atoms with E-state index in [4.69, 9.17) is 10.6 Å². The van der Waals surface area contributed by atoms with Gasteiger partial charge < -0.3 is 9.64 Å². The van der Waals surface area contributed by atoms with Gasteiger partial charge >= 0.3 is 6.01 Å². The molecule has 20 heavy (non-hydrogen) atoms. The molecule has 0 aliphatic carbocycles. The van der Waals surface area contributed by atoms with E-state index in [2.05, 4.69) is 38.6 Å². The number of ether oxygens (including phenoxy) is 1. The average Bonchev–Trinajstić information content (AvgIpc) is 2.44. The van der Waals surface area contributed by atoms with Crippen LogP contribution in [0.15, 0.2) is 18.2 Å². The molecule has 0 saturated carbocycles. The molecule has 1 aromatic carbocycles. The Morgan fingerprint density at radius 2 is 1.75 bits per heavy atom. The number of hydrogen-bond acceptors (Lipinski definition) is 7. The first-order valence-electron chi connectivity index (χ1n) is 6.12. The Balaban J connectivity index is 2.43. The summed E-state index contributed by atoms with van der Waals surface area (Å²) < 4.78 is 5.05. The van der Waals surface area contributed by atoms with Gasteiger partial charge in [-0.05, 0) is 37.1 Å². The summed E-state index contributed by atoms with van der Waals surface area (Å²) in [4.78, 5) is 14.3. The lowest BCUT2D eigenvalue weighted by molar-refractivity contribution is 0.379. The van der Waals surface area contributed by atoms with E-state index in [9.17, 15) is 0 Å². The van der Waals surface area contributed by atoms with Gasteiger partial charge in [-0.3, -0.25) is 5.43 Å². The third kappa shape index (κ3) is 2.94. The summed E-state index contributed by atoms with van der Waals surface area (Å²) in [5.41, 5.74) is 5.73. The quantitative estimate of drug-likeness (QED) is 0.645. The van der Waals surface area contributed by atoms with E-state index in [0.717, 1.165) is 5.69 Å². The fraction of sp³-hybridized carbons (Fsp3) is 0.308. The van der Waals surface area contributed by atoms with Gasteiger partial charge in [0.05, 0.1) is 7.11 Å². The lowest BCUT2D eigenvalue weighted by Gasteiger charge is -2.19. The Hall–Kier alpha value is -2.41. The number of aryl methyl sites for hydroxylation is 2. The van der Waals surface area contributed by atoms with Crippen molar-refractivity contribution in [2.24, 2.45) is 5.84 Å². The Kier molecular flexibility index (Phi) is 3.99. The molecule has 0 aliphatic heterocycles. The van der Waals surface area contributed by atoms with Gasteiger partial charge in [0.15, 0.2) is 0 Å². The number of nitrogens with two attached hydrogens (primary N) is 1. The predicted octanol–water partition coefficient (Wildman–Crippen LogP) is 1.55. The summed E-state index contributed by atoms with van der Waals surface area (Å²) in [7, 11) is 3.37. The van der Waals surface area contributed by atoms with Crippen LogP contribution in [0.2, 0.25) is 0 Å². The van der Waals surface area contributed by atoms with Crippen LogP contribution < -0.4 is 20.9 Å². The van der Waals surface area contributed by atoms with E-state index in [1.54, 1.807) is 0 Å². The predicted molar refractivity (Wildman–Crippen MR) is 78.2 cm³/mol. The van der Waals surface area contributed by atoms with Gasteiger partial charge in [0.25, 0.3) is 0 Å². The molecule has 0 atom stereocenters. The highest BCUT2D eigenvalue weighted by atomic mass is 16.5. The average molecular weight is 274 g/mol. The number of nitrogens with zero attached hydrogens (tertiary/aromatic N) is 4. The lowest BCUT2D eigenvalue weighted by Crippen LogP contribution is -2.18. The van der Waals surface area contributed by atoms with Crippen molar-refractivity contribution in [2.75, 3.05) is 24.5 Å². The number of nitrogen functional groups attached to an aromatic ring is 1. The first-order valence-corrected chi connectivity index (χ1v) is 6.12. The van der Waals surface area contributed by atoms with Gasteiger partial charge in [-0.1, -0.05) is 6.07 Å². The van der Waals surface area contributed by atoms with Crippen LogP contribution in [-0.2, 0) is 0 Å². The van der Waals surface area contributed by atoms with Crippen molar-refractivity contribution in [2.45, 2.75) is 13.8 Å². The Bertz CT molecular complexity index is 573. The number of methoxy groups -OCH3 is 1. The second-order valence-electron chi connectivity index (χ2n) is 4.49. The summed E-state index contributed by atoms with van der Waals surface area (Å²) in [6, 6.07) is 6.43. The van der Waals surface area contributed by atoms with Gasteiger partial charge in [-0.15, -0.1) is 0 Å². The van der Waals surface area contributed by atoms with E-state index in [-0.39, 0.29) is 12.0 Å². The van der Waals surface area contributed by atoms with Crippen molar-refractivity contribution in [1.82, 2.24) is 15.0 Å². The summed E-state index contributed by atoms with van der Waals surface area (Å²) >= 11 is 0. The minimum atomic E-state index is 0.208. The highest BCUT2D eigenvalue weighted by Gasteiger charge is 2.12. The van der Waals surface area contributed by atoms with E-state index in [1.165, 1.54) is 18.2 Å². The molecule has 1 heterocycles. The minimum absolute atomic E-state index is 0.208. The van der Waals surface area contributed by atoms with Crippen LogP contribution in [0, 0.1) is 13.8 Å². The number of aromatic nitrogens is 3. The van der Waals surface area contributed by atoms with Crippen molar-refractivity contribution in [3.05, 3.63) is 29.3 Å². The monoisotopic (exact) mass is 274 g/mol. The van der Waals surface area contributed by atoms with Crippen LogP contribution >= 0.6 is 0 Å². The highest BCUT2D eigenvalue weighted by Crippen LogP contribution is 2.24. The van der Waals surface area contributed by atoms with Gasteiger partial charge in [-0.2, -0.15) is 15.0 Å². The van der Waals surface area contributed by atoms with Gasteiger partial charge in [0.2, 0.25) is 11.9 Å². The first kappa shape index (κ1) is 14.0. The van der Waals surface area contributed by atoms with Crippen LogP contribution in [0.5, 0.6) is 6.01 Å². The molecule has 0 amide bonds. The van der Waals surface area contributed by atoms with E-state index >= 15 is 0 Å². The molecule has 0 fully saturated rings. The molecular weight excluding hydrogens is 256 g/mol. The topological polar surface area (TPSA) is 89.2 Å². The number of benzene rings is 1. The SMILES string of the molecule is COc1nc(NN)nc(N(C)c2cc(C)cc(C)c2)n1. The fourth-order valence-corrected chi connectivity index (χ4v) is 1.91. The second kappa shape index (κ2) is 5.70. The number of anilines is 3. The minimum Gasteiger partial charge on any atom is -0.467 e. The first-order chi connectivity index (χ1) is 9.53. The largest absolute Gasteiger partial charge is 0.467 e. The Morgan fingerprint density at radius 3 is 2.30 bits per heavy atom. The molecule has 0 unspecified atom stereocenters. The van der Waals surface area contributed by atoms with Crippen LogP contribution in [0.25, 0.3) is 0 Å². The van der Waals surface area contributed by atoms with Crippen LogP contribution in [0.4, 0.5) is 17.6 Å². The zero-order chi connectivity index (χ0) is 14.7. The molecule has 1 aromatic heterocycles. The number of hydrazine groups is 1. The van der Waals surface area contributed by atoms with Crippen molar-refractivity contribution in [3.8, 4) is 6.01 Å². The summed E-state index contributed by atoms with van der Waals surface area (Å²) in [6.07, 6.45) is 0. The molecule has 0 spiro atoms. The van der Waals surface area contributed by atoms with E-state index in [1.807, 2.05) is 25.8 Å². The standard InChI is InChI=1S/C13H18N6O/c1-8-5-9(2)7-10(6-8)19(3)12-15-11(18-14)16-13(17-12)20-4/h5-7H,14H2,1-4H3,(H,15,16,17,18). The molecule has 0 bridgehead atoms. The van der Waals surface area contributed by atoms with E-state index < -0.39 is 0 Å². The smallest absolute Gasteiger partial charge is 0.322 e. The van der Waals surface area contributed by atoms with E-state index in [0.29, 0.717) is 5.95 Å². The molecule has 7 nitrogen and oxygen atoms in total. The van der Waals surface area contributed by atoms with Crippen LogP contribution in [-0.4, -0.2) is 29.1 Å². The Morgan fingerprint density at radius 1 is 1.10 bits per heavy atom. The third-order valence-corrected chi connectivity index (χ3v) is 2.81. The normalized spacial score (nSPS) is 10.2. The highest BCUT2D eigenvalue weighted by molar-refractivity contribution is 5.59. The van der Waals surface area contributed by atoms with Gasteiger partial charge in [0.1, 0.15) is 0 Å². The molecule has 0 saturated heterocycles. The zero-order valence-corrected chi connectivity index (χ0v) is 12.0. The molecule has 0 aliphatic rings.